The number of rotatable bonds is 5. The van der Waals surface area contributed by atoms with E-state index in [-0.39, 0.29) is 5.92 Å². The molecule has 1 unspecified atom stereocenters. The maximum atomic E-state index is 11.7. The van der Waals surface area contributed by atoms with Gasteiger partial charge in [0, 0.05) is 5.92 Å². The molecule has 0 amide bonds. The zero-order valence-corrected chi connectivity index (χ0v) is 14.1. The van der Waals surface area contributed by atoms with Gasteiger partial charge in [-0.2, -0.15) is 0 Å². The summed E-state index contributed by atoms with van der Waals surface area (Å²) < 4.78 is 9.70. The van der Waals surface area contributed by atoms with Crippen LogP contribution in [0.1, 0.15) is 47.8 Å². The molecule has 1 atom stereocenters. The first-order valence-electron chi connectivity index (χ1n) is 7.63. The molecule has 2 heterocycles. The molecule has 1 saturated heterocycles. The van der Waals surface area contributed by atoms with Crippen molar-refractivity contribution in [2.75, 3.05) is 26.7 Å². The number of halogens is 2. The first-order valence-corrected chi connectivity index (χ1v) is 8.38. The molecule has 3 rings (SSSR count). The van der Waals surface area contributed by atoms with E-state index >= 15 is 0 Å². The van der Waals surface area contributed by atoms with Crippen LogP contribution in [0.3, 0.4) is 0 Å². The normalized spacial score (nSPS) is 25.1. The number of carbonyl (C=O) groups is 1. The van der Waals surface area contributed by atoms with Gasteiger partial charge in [0.05, 0.1) is 7.11 Å². The summed E-state index contributed by atoms with van der Waals surface area (Å²) >= 11 is 12.1. The highest BCUT2D eigenvalue weighted by Crippen LogP contribution is 2.54. The van der Waals surface area contributed by atoms with Crippen molar-refractivity contribution < 1.29 is 13.9 Å². The van der Waals surface area contributed by atoms with Crippen LogP contribution in [0.2, 0.25) is 0 Å². The van der Waals surface area contributed by atoms with Crippen molar-refractivity contribution in [2.45, 2.75) is 35.9 Å². The lowest BCUT2D eigenvalue weighted by Crippen LogP contribution is -2.34. The third kappa shape index (κ3) is 3.42. The van der Waals surface area contributed by atoms with Gasteiger partial charge in [-0.25, -0.2) is 9.78 Å². The van der Waals surface area contributed by atoms with Gasteiger partial charge in [-0.05, 0) is 51.2 Å². The third-order valence-electron chi connectivity index (χ3n) is 4.68. The Hall–Kier alpha value is -0.780. The van der Waals surface area contributed by atoms with Crippen molar-refractivity contribution in [3.63, 3.8) is 0 Å². The molecular weight excluding hydrogens is 327 g/mol. The third-order valence-corrected chi connectivity index (χ3v) is 5.61. The number of carbonyl (C=O) groups excluding carboxylic acids is 1. The molecule has 1 aliphatic heterocycles. The lowest BCUT2D eigenvalue weighted by atomic mass is 9.93. The molecule has 1 aromatic heterocycles. The van der Waals surface area contributed by atoms with Crippen LogP contribution in [0.4, 0.5) is 0 Å². The molecule has 0 N–H and O–H groups in total. The minimum atomic E-state index is -0.479. The van der Waals surface area contributed by atoms with Gasteiger partial charge in [0.15, 0.2) is 12.1 Å². The van der Waals surface area contributed by atoms with Crippen molar-refractivity contribution in [3.8, 4) is 0 Å². The summed E-state index contributed by atoms with van der Waals surface area (Å²) in [6, 6.07) is 0. The van der Waals surface area contributed by atoms with Crippen molar-refractivity contribution in [1.29, 1.82) is 0 Å². The van der Waals surface area contributed by atoms with E-state index in [0.29, 0.717) is 17.4 Å². The van der Waals surface area contributed by atoms with Gasteiger partial charge in [-0.3, -0.25) is 0 Å². The number of esters is 1. The van der Waals surface area contributed by atoms with E-state index in [0.717, 1.165) is 45.3 Å². The Balaban J connectivity index is 1.49. The van der Waals surface area contributed by atoms with Crippen LogP contribution < -0.4 is 0 Å². The standard InChI is InChI=1S/C15H20Cl2N2O3/c1-21-14(20)12-13(22-9-18-12)10-2-5-19(6-3-10)7-4-11-8-15(11,16)17/h9-11H,2-8H2,1H3. The molecule has 0 aromatic carbocycles. The molecule has 7 heteroatoms. The number of ether oxygens (including phenoxy) is 1. The Bertz CT molecular complexity index is 539. The Kier molecular flexibility index (Phi) is 4.67. The monoisotopic (exact) mass is 346 g/mol. The number of likely N-dealkylation sites (tertiary alicyclic amines) is 1. The predicted molar refractivity (Wildman–Crippen MR) is 83.4 cm³/mol. The van der Waals surface area contributed by atoms with Crippen molar-refractivity contribution in [1.82, 2.24) is 9.88 Å². The summed E-state index contributed by atoms with van der Waals surface area (Å²) in [4.78, 5) is 18.1. The van der Waals surface area contributed by atoms with Gasteiger partial charge < -0.3 is 14.1 Å². The molecule has 5 nitrogen and oxygen atoms in total. The fourth-order valence-electron chi connectivity index (χ4n) is 3.13. The average Bonchev–Trinajstić information content (AvgIpc) is 2.91. The Labute approximate surface area is 139 Å². The van der Waals surface area contributed by atoms with E-state index in [1.807, 2.05) is 0 Å². The molecule has 0 spiro atoms. The van der Waals surface area contributed by atoms with Gasteiger partial charge >= 0.3 is 5.97 Å². The van der Waals surface area contributed by atoms with Gasteiger partial charge in [-0.15, -0.1) is 23.2 Å². The Morgan fingerprint density at radius 1 is 1.50 bits per heavy atom. The fourth-order valence-corrected chi connectivity index (χ4v) is 3.73. The largest absolute Gasteiger partial charge is 0.464 e. The van der Waals surface area contributed by atoms with E-state index in [1.165, 1.54) is 13.5 Å². The highest BCUT2D eigenvalue weighted by atomic mass is 35.5. The predicted octanol–water partition coefficient (Wildman–Crippen LogP) is 3.22. The maximum Gasteiger partial charge on any atom is 0.360 e. The Morgan fingerprint density at radius 2 is 2.18 bits per heavy atom. The summed E-state index contributed by atoms with van der Waals surface area (Å²) in [7, 11) is 1.36. The maximum absolute atomic E-state index is 11.7. The molecule has 2 fully saturated rings. The topological polar surface area (TPSA) is 55.6 Å². The number of methoxy groups -OCH3 is 1. The van der Waals surface area contributed by atoms with Crippen LogP contribution in [0.15, 0.2) is 10.8 Å². The SMILES string of the molecule is COC(=O)c1ncoc1C1CCN(CCC2CC2(Cl)Cl)CC1. The minimum absolute atomic E-state index is 0.230. The van der Waals surface area contributed by atoms with Crippen LogP contribution in [0, 0.1) is 5.92 Å². The van der Waals surface area contributed by atoms with Crippen molar-refractivity contribution >= 4 is 29.2 Å². The van der Waals surface area contributed by atoms with Crippen LogP contribution in [-0.4, -0.2) is 46.9 Å². The molecular formula is C15H20Cl2N2O3. The summed E-state index contributed by atoms with van der Waals surface area (Å²) in [6.07, 6.45) is 5.19. The molecule has 1 saturated carbocycles. The molecule has 1 aromatic rings. The van der Waals surface area contributed by atoms with Gasteiger partial charge in [0.2, 0.25) is 0 Å². The zero-order chi connectivity index (χ0) is 15.7. The average molecular weight is 347 g/mol. The Morgan fingerprint density at radius 3 is 2.77 bits per heavy atom. The highest BCUT2D eigenvalue weighted by Gasteiger charge is 2.50. The zero-order valence-electron chi connectivity index (χ0n) is 12.6. The molecule has 0 bridgehead atoms. The van der Waals surface area contributed by atoms with Crippen LogP contribution in [0.5, 0.6) is 0 Å². The van der Waals surface area contributed by atoms with E-state index in [1.54, 1.807) is 0 Å². The van der Waals surface area contributed by atoms with Gasteiger partial charge in [-0.1, -0.05) is 0 Å². The van der Waals surface area contributed by atoms with Gasteiger partial charge in [0.1, 0.15) is 10.1 Å². The number of oxazole rings is 1. The van der Waals surface area contributed by atoms with Gasteiger partial charge in [0.25, 0.3) is 0 Å². The quantitative estimate of drug-likeness (QED) is 0.605. The van der Waals surface area contributed by atoms with E-state index in [9.17, 15) is 4.79 Å². The number of hydrogen-bond donors (Lipinski definition) is 0. The number of piperidine rings is 1. The van der Waals surface area contributed by atoms with Crippen LogP contribution in [-0.2, 0) is 4.74 Å². The summed E-state index contributed by atoms with van der Waals surface area (Å²) in [5.41, 5.74) is 0.313. The van der Waals surface area contributed by atoms with Crippen LogP contribution in [0.25, 0.3) is 0 Å². The lowest BCUT2D eigenvalue weighted by molar-refractivity contribution is 0.0590. The highest BCUT2D eigenvalue weighted by molar-refractivity contribution is 6.50. The summed E-state index contributed by atoms with van der Waals surface area (Å²) in [5.74, 6) is 0.900. The number of alkyl halides is 2. The first kappa shape index (κ1) is 16.1. The number of hydrogen-bond acceptors (Lipinski definition) is 5. The second-order valence-electron chi connectivity index (χ2n) is 6.12. The smallest absolute Gasteiger partial charge is 0.360 e. The van der Waals surface area contributed by atoms with Crippen molar-refractivity contribution in [2.24, 2.45) is 5.92 Å². The number of nitrogens with zero attached hydrogens (tertiary/aromatic N) is 2. The molecule has 0 radical (unpaired) electrons. The molecule has 22 heavy (non-hydrogen) atoms. The first-order chi connectivity index (χ1) is 10.5. The van der Waals surface area contributed by atoms with E-state index < -0.39 is 10.3 Å². The second-order valence-corrected chi connectivity index (χ2v) is 7.67. The molecule has 2 aliphatic rings. The second kappa shape index (κ2) is 6.38. The summed E-state index contributed by atoms with van der Waals surface area (Å²) in [6.45, 7) is 2.99. The fraction of sp³-hybridized carbons (Fsp3) is 0.733. The van der Waals surface area contributed by atoms with E-state index in [2.05, 4.69) is 9.88 Å². The van der Waals surface area contributed by atoms with Crippen molar-refractivity contribution in [3.05, 3.63) is 17.8 Å². The molecule has 1 aliphatic carbocycles. The lowest BCUT2D eigenvalue weighted by Gasteiger charge is -2.31. The van der Waals surface area contributed by atoms with Crippen LogP contribution >= 0.6 is 23.2 Å². The summed E-state index contributed by atoms with van der Waals surface area (Å²) in [5, 5.41) is 0. The van der Waals surface area contributed by atoms with E-state index in [4.69, 9.17) is 32.4 Å². The minimum Gasteiger partial charge on any atom is -0.464 e. The molecule has 122 valence electrons. The number of aromatic nitrogens is 1.